The van der Waals surface area contributed by atoms with Crippen molar-refractivity contribution >= 4 is 87.1 Å². The molecule has 0 radical (unpaired) electrons. The predicted octanol–water partition coefficient (Wildman–Crippen LogP) is -0.720. The summed E-state index contributed by atoms with van der Waals surface area (Å²) in [5.41, 5.74) is 7.29. The SMILES string of the molecule is C#CCOCCOCCOCCOCCNC(=O)[C@H](CCC(=O)NCCCC[C@@H]1NC(=O)[C@@H](Cc2ccccc2)NC(=O)[C@H](CC(=O)OC(C)(C)C)NC(=O)CNC(=O)[C@H](CCC[NH+]=C(N)NS(=O)(=O)c2c(C)c(C)c3c(c2C)CC(C)(C)O3)NC1=O)NC(=O)c1cc(OC(C)=O)c(OC(C)=O)c(OC(C)=O)c1. The summed E-state index contributed by atoms with van der Waals surface area (Å²) in [6.45, 7) is 17.6. The molecule has 5 atom stereocenters. The van der Waals surface area contributed by atoms with Gasteiger partial charge in [-0.1, -0.05) is 36.3 Å². The van der Waals surface area contributed by atoms with Crippen LogP contribution in [0, 0.1) is 33.1 Å². The van der Waals surface area contributed by atoms with Crippen LogP contribution < -0.4 is 76.9 Å². The van der Waals surface area contributed by atoms with Crippen molar-refractivity contribution in [3.8, 4) is 35.3 Å². The van der Waals surface area contributed by atoms with E-state index in [-0.39, 0.29) is 120 Å². The first-order valence-corrected chi connectivity index (χ1v) is 36.7. The van der Waals surface area contributed by atoms with Crippen LogP contribution in [0.4, 0.5) is 0 Å². The van der Waals surface area contributed by atoms with Crippen molar-refractivity contribution in [2.75, 3.05) is 79.0 Å². The van der Waals surface area contributed by atoms with Gasteiger partial charge in [-0.15, -0.1) is 6.42 Å². The number of nitrogens with two attached hydrogens (primary N) is 1. The standard InChI is InChI=1S/C73H101N11O23S/c1-13-29-99-31-33-101-35-36-102-34-32-100-30-28-76-66(92)54(80-65(91)50-38-57(103-46(5)85)63(105-48(7)87)58(39-50)104-47(6)86)24-25-59(88)75-26-18-17-22-53-68(94)81-52(23-19-27-77-71(74)84-108(97,98)64-44(3)43(2)62-51(45(64)4)41-73(11,12)107-62)67(93)78-42-60(89)79-56(40-61(90)106-72(8,9)10)70(96)83-55(69(95)82-53)37-49-20-15-14-16-21-49/h1,14-16,20-21,38-39,52-56H,17-19,22-37,40-42H2,2-12H3,(H,75,88)(H,76,92)(H,78,93)(H,79,89)(H,80,91)(H,81,94)(H,82,95)(H,83,96)(H3,74,77,84)/p+1/t52-,53-,54-,55+,56-/m0/s1. The molecule has 0 bridgehead atoms. The summed E-state index contributed by atoms with van der Waals surface area (Å²) in [5, 5.41) is 20.9. The average molecular weight is 1530 g/mol. The number of unbranched alkanes of at least 4 members (excludes halogenated alkanes) is 1. The molecular formula is C73H102N11O23S+. The number of hydrogen-bond donors (Lipinski definition) is 11. The summed E-state index contributed by atoms with van der Waals surface area (Å²) in [4.78, 5) is 166. The first-order valence-electron chi connectivity index (χ1n) is 35.3. The van der Waals surface area contributed by atoms with Crippen LogP contribution in [0.15, 0.2) is 47.4 Å². The molecule has 0 unspecified atom stereocenters. The third-order valence-corrected chi connectivity index (χ3v) is 17.9. The number of hydrogen-bond acceptors (Lipinski definition) is 23. The maximum atomic E-state index is 14.7. The molecule has 0 aliphatic carbocycles. The molecule has 34 nitrogen and oxygen atoms in total. The fraction of sp³-hybridized carbons (Fsp3) is 0.548. The Morgan fingerprint density at radius 2 is 1.27 bits per heavy atom. The molecule has 1 saturated heterocycles. The maximum Gasteiger partial charge on any atom is 0.356 e. The number of sulfonamides is 1. The van der Waals surface area contributed by atoms with Gasteiger partial charge in [0.05, 0.1) is 65.8 Å². The van der Waals surface area contributed by atoms with Gasteiger partial charge in [-0.2, -0.15) is 13.1 Å². The van der Waals surface area contributed by atoms with E-state index >= 15 is 0 Å². The first-order chi connectivity index (χ1) is 51.0. The molecule has 1 fully saturated rings. The second-order valence-corrected chi connectivity index (χ2v) is 28.6. The lowest BCUT2D eigenvalue weighted by Crippen LogP contribution is -2.79. The molecule has 108 heavy (non-hydrogen) atoms. The number of fused-ring (bicyclic) bond motifs is 1. The summed E-state index contributed by atoms with van der Waals surface area (Å²) in [6.07, 6.45) is 4.02. The molecule has 3 aromatic rings. The lowest BCUT2D eigenvalue weighted by atomic mass is 9.94. The largest absolute Gasteiger partial charge is 0.487 e. The molecule has 0 aromatic heterocycles. The van der Waals surface area contributed by atoms with Gasteiger partial charge in [-0.3, -0.25) is 68.3 Å². The number of amides is 8. The molecule has 2 aliphatic rings. The van der Waals surface area contributed by atoms with Crippen LogP contribution in [-0.4, -0.2) is 206 Å². The molecule has 3 aromatic carbocycles. The van der Waals surface area contributed by atoms with Gasteiger partial charge in [0.2, 0.25) is 47.1 Å². The number of nitrogens with one attached hydrogen (secondary N) is 10. The minimum absolute atomic E-state index is 0.00567. The molecule has 35 heteroatoms. The Balaban J connectivity index is 1.35. The summed E-state index contributed by atoms with van der Waals surface area (Å²) in [5.74, 6) is -9.37. The Bertz CT molecular complexity index is 3870. The number of carbonyl (C=O) groups is 12. The zero-order valence-corrected chi connectivity index (χ0v) is 63.8. The molecule has 0 spiro atoms. The molecular weight excluding hydrogens is 1430 g/mol. The molecule has 5 rings (SSSR count). The Kier molecular flexibility index (Phi) is 35.1. The highest BCUT2D eigenvalue weighted by atomic mass is 32.2. The normalized spacial score (nSPS) is 17.2. The van der Waals surface area contributed by atoms with E-state index in [0.29, 0.717) is 54.2 Å². The van der Waals surface area contributed by atoms with Gasteiger partial charge in [0, 0.05) is 64.3 Å². The van der Waals surface area contributed by atoms with Gasteiger partial charge in [0.15, 0.2) is 11.5 Å². The Morgan fingerprint density at radius 1 is 0.704 bits per heavy atom. The number of ether oxygens (including phenoxy) is 9. The topological polar surface area (TPSA) is 470 Å². The van der Waals surface area contributed by atoms with Crippen molar-refractivity contribution in [2.24, 2.45) is 5.73 Å². The zero-order valence-electron chi connectivity index (χ0n) is 62.9. The van der Waals surface area contributed by atoms with Crippen LogP contribution in [0.1, 0.15) is 145 Å². The monoisotopic (exact) mass is 1530 g/mol. The smallest absolute Gasteiger partial charge is 0.356 e. The van der Waals surface area contributed by atoms with Gasteiger partial charge in [-0.25, -0.2) is 0 Å². The molecule has 0 saturated carbocycles. The second-order valence-electron chi connectivity index (χ2n) is 27.0. The maximum absolute atomic E-state index is 14.7. The van der Waals surface area contributed by atoms with Gasteiger partial charge in [0.1, 0.15) is 58.7 Å². The molecule has 2 aliphatic heterocycles. The minimum Gasteiger partial charge on any atom is -0.487 e. The van der Waals surface area contributed by atoms with Crippen LogP contribution in [0.3, 0.4) is 0 Å². The van der Waals surface area contributed by atoms with Crippen LogP contribution >= 0.6 is 0 Å². The van der Waals surface area contributed by atoms with Gasteiger partial charge >= 0.3 is 39.9 Å². The quantitative estimate of drug-likeness (QED) is 0.00847. The third kappa shape index (κ3) is 30.2. The average Bonchev–Trinajstić information content (AvgIpc) is 1.54. The van der Waals surface area contributed by atoms with E-state index in [2.05, 4.69) is 58.2 Å². The highest BCUT2D eigenvalue weighted by Crippen LogP contribution is 2.44. The Labute approximate surface area is 628 Å². The van der Waals surface area contributed by atoms with Crippen molar-refractivity contribution < 1.29 is 114 Å². The fourth-order valence-electron chi connectivity index (χ4n) is 11.3. The third-order valence-electron chi connectivity index (χ3n) is 16.2. The van der Waals surface area contributed by atoms with Crippen molar-refractivity contribution in [3.05, 3.63) is 75.8 Å². The van der Waals surface area contributed by atoms with Crippen LogP contribution in [0.2, 0.25) is 0 Å². The molecule has 2 heterocycles. The highest BCUT2D eigenvalue weighted by molar-refractivity contribution is 7.90. The molecule has 8 amide bonds. The van der Waals surface area contributed by atoms with Crippen LogP contribution in [-0.2, 0) is 99.3 Å². The van der Waals surface area contributed by atoms with E-state index in [9.17, 15) is 66.0 Å². The number of guanidine groups is 1. The van der Waals surface area contributed by atoms with Gasteiger partial charge in [-0.05, 0) is 128 Å². The number of benzene rings is 3. The number of carbonyl (C=O) groups excluding carboxylic acids is 12. The van der Waals surface area contributed by atoms with Gasteiger partial charge in [0.25, 0.3) is 5.91 Å². The number of esters is 4. The number of terminal acetylenes is 1. The Hall–Kier alpha value is -10.3. The molecule has 12 N–H and O–H groups in total. The van der Waals surface area contributed by atoms with E-state index in [1.54, 1.807) is 71.9 Å². The van der Waals surface area contributed by atoms with Gasteiger partial charge < -0.3 is 85.2 Å². The summed E-state index contributed by atoms with van der Waals surface area (Å²) in [6, 6.07) is 3.07. The first kappa shape index (κ1) is 88.3. The zero-order chi connectivity index (χ0) is 79.9. The summed E-state index contributed by atoms with van der Waals surface area (Å²) < 4.78 is 79.3. The predicted molar refractivity (Wildman–Crippen MR) is 388 cm³/mol. The van der Waals surface area contributed by atoms with E-state index in [4.69, 9.17) is 54.8 Å². The van der Waals surface area contributed by atoms with Crippen molar-refractivity contribution in [1.29, 1.82) is 0 Å². The van der Waals surface area contributed by atoms with E-state index in [0.717, 1.165) is 38.5 Å². The fourth-order valence-corrected chi connectivity index (χ4v) is 12.8. The van der Waals surface area contributed by atoms with Crippen molar-refractivity contribution in [3.63, 3.8) is 0 Å². The lowest BCUT2D eigenvalue weighted by molar-refractivity contribution is -0.460. The lowest BCUT2D eigenvalue weighted by Gasteiger charge is -2.26. The summed E-state index contributed by atoms with van der Waals surface area (Å²) >= 11 is 0. The Morgan fingerprint density at radius 3 is 1.87 bits per heavy atom. The van der Waals surface area contributed by atoms with Crippen molar-refractivity contribution in [2.45, 2.75) is 187 Å². The summed E-state index contributed by atoms with van der Waals surface area (Å²) in [7, 11) is -4.29. The minimum atomic E-state index is -4.29. The number of rotatable bonds is 37. The van der Waals surface area contributed by atoms with E-state index in [1.807, 2.05) is 13.8 Å². The molecule has 592 valence electrons. The second kappa shape index (κ2) is 42.9. The highest BCUT2D eigenvalue weighted by Gasteiger charge is 2.39. The van der Waals surface area contributed by atoms with E-state index in [1.165, 1.54) is 0 Å². The van der Waals surface area contributed by atoms with Crippen LogP contribution in [0.5, 0.6) is 23.0 Å². The van der Waals surface area contributed by atoms with Crippen LogP contribution in [0.25, 0.3) is 0 Å². The van der Waals surface area contributed by atoms with E-state index < -0.39 is 153 Å². The van der Waals surface area contributed by atoms with Crippen molar-refractivity contribution in [1.82, 2.24) is 47.3 Å².